The SMILES string of the molecule is COC(=O)C(NC1CCCCC1)c1ccc(Cl)cc1. The number of carbonyl (C=O) groups is 1. The average molecular weight is 282 g/mol. The zero-order valence-electron chi connectivity index (χ0n) is 11.2. The van der Waals surface area contributed by atoms with Gasteiger partial charge in [0, 0.05) is 11.1 Å². The molecule has 0 bridgehead atoms. The molecule has 1 fully saturated rings. The summed E-state index contributed by atoms with van der Waals surface area (Å²) in [4.78, 5) is 12.0. The number of hydrogen-bond donors (Lipinski definition) is 1. The monoisotopic (exact) mass is 281 g/mol. The summed E-state index contributed by atoms with van der Waals surface area (Å²) in [7, 11) is 1.42. The maximum absolute atomic E-state index is 12.0. The van der Waals surface area contributed by atoms with Crippen LogP contribution in [0.25, 0.3) is 0 Å². The second kappa shape index (κ2) is 6.92. The van der Waals surface area contributed by atoms with Crippen molar-refractivity contribution in [2.24, 2.45) is 0 Å². The van der Waals surface area contributed by atoms with Crippen molar-refractivity contribution in [2.75, 3.05) is 7.11 Å². The molecular formula is C15H20ClNO2. The number of nitrogens with one attached hydrogen (secondary N) is 1. The number of carbonyl (C=O) groups excluding carboxylic acids is 1. The van der Waals surface area contributed by atoms with E-state index in [-0.39, 0.29) is 5.97 Å². The molecule has 0 amide bonds. The summed E-state index contributed by atoms with van der Waals surface area (Å²) in [6.07, 6.45) is 6.00. The van der Waals surface area contributed by atoms with Gasteiger partial charge in [0.05, 0.1) is 7.11 Å². The van der Waals surface area contributed by atoms with E-state index in [0.29, 0.717) is 11.1 Å². The van der Waals surface area contributed by atoms with Gasteiger partial charge in [-0.1, -0.05) is 43.0 Å². The number of ether oxygens (including phenoxy) is 1. The molecule has 0 spiro atoms. The summed E-state index contributed by atoms with van der Waals surface area (Å²) in [5.41, 5.74) is 0.904. The Labute approximate surface area is 119 Å². The predicted molar refractivity (Wildman–Crippen MR) is 76.2 cm³/mol. The highest BCUT2D eigenvalue weighted by molar-refractivity contribution is 6.30. The molecule has 0 heterocycles. The molecule has 104 valence electrons. The Morgan fingerprint density at radius 1 is 1.26 bits per heavy atom. The molecule has 1 N–H and O–H groups in total. The van der Waals surface area contributed by atoms with E-state index < -0.39 is 6.04 Å². The fraction of sp³-hybridized carbons (Fsp3) is 0.533. The minimum Gasteiger partial charge on any atom is -0.468 e. The number of hydrogen-bond acceptors (Lipinski definition) is 3. The molecule has 0 radical (unpaired) electrons. The first-order valence-electron chi connectivity index (χ1n) is 6.80. The quantitative estimate of drug-likeness (QED) is 0.859. The standard InChI is InChI=1S/C15H20ClNO2/c1-19-15(18)14(11-7-9-12(16)10-8-11)17-13-5-3-2-4-6-13/h7-10,13-14,17H,2-6H2,1H3. The fourth-order valence-electron chi connectivity index (χ4n) is 2.58. The molecule has 1 aliphatic rings. The molecule has 1 aliphatic carbocycles. The molecule has 1 aromatic carbocycles. The van der Waals surface area contributed by atoms with Gasteiger partial charge in [0.25, 0.3) is 0 Å². The molecule has 4 heteroatoms. The molecule has 1 atom stereocenters. The van der Waals surface area contributed by atoms with Gasteiger partial charge in [-0.3, -0.25) is 5.32 Å². The highest BCUT2D eigenvalue weighted by Gasteiger charge is 2.25. The average Bonchev–Trinajstić information content (AvgIpc) is 2.46. The van der Waals surface area contributed by atoms with Gasteiger partial charge < -0.3 is 4.74 Å². The molecule has 2 rings (SSSR count). The van der Waals surface area contributed by atoms with Gasteiger partial charge in [0.1, 0.15) is 6.04 Å². The van der Waals surface area contributed by atoms with Crippen LogP contribution in [0.5, 0.6) is 0 Å². The summed E-state index contributed by atoms with van der Waals surface area (Å²) < 4.78 is 4.90. The van der Waals surface area contributed by atoms with Crippen LogP contribution in [0.2, 0.25) is 5.02 Å². The van der Waals surface area contributed by atoms with Gasteiger partial charge >= 0.3 is 5.97 Å². The Bertz CT molecular complexity index is 413. The predicted octanol–water partition coefficient (Wildman–Crippen LogP) is 3.48. The number of esters is 1. The lowest BCUT2D eigenvalue weighted by molar-refractivity contribution is -0.143. The normalized spacial score (nSPS) is 18.0. The van der Waals surface area contributed by atoms with E-state index in [0.717, 1.165) is 18.4 Å². The van der Waals surface area contributed by atoms with Crippen LogP contribution in [0.4, 0.5) is 0 Å². The van der Waals surface area contributed by atoms with Crippen molar-refractivity contribution < 1.29 is 9.53 Å². The molecule has 3 nitrogen and oxygen atoms in total. The highest BCUT2D eigenvalue weighted by Crippen LogP contribution is 2.23. The second-order valence-corrected chi connectivity index (χ2v) is 5.45. The third-order valence-corrected chi connectivity index (χ3v) is 3.90. The first kappa shape index (κ1) is 14.4. The highest BCUT2D eigenvalue weighted by atomic mass is 35.5. The Kier molecular flexibility index (Phi) is 5.23. The molecule has 1 unspecified atom stereocenters. The van der Waals surface area contributed by atoms with Crippen molar-refractivity contribution in [3.05, 3.63) is 34.9 Å². The van der Waals surface area contributed by atoms with E-state index >= 15 is 0 Å². The van der Waals surface area contributed by atoms with E-state index in [9.17, 15) is 4.79 Å². The third kappa shape index (κ3) is 3.95. The van der Waals surface area contributed by atoms with Crippen LogP contribution in [-0.4, -0.2) is 19.1 Å². The minimum absolute atomic E-state index is 0.243. The summed E-state index contributed by atoms with van der Waals surface area (Å²) in [5.74, 6) is -0.243. The van der Waals surface area contributed by atoms with Crippen LogP contribution in [0.1, 0.15) is 43.7 Å². The summed E-state index contributed by atoms with van der Waals surface area (Å²) >= 11 is 5.89. The number of benzene rings is 1. The van der Waals surface area contributed by atoms with E-state index in [1.807, 2.05) is 12.1 Å². The summed E-state index contributed by atoms with van der Waals surface area (Å²) in [5, 5.41) is 4.10. The lowest BCUT2D eigenvalue weighted by Gasteiger charge is -2.27. The first-order valence-corrected chi connectivity index (χ1v) is 7.18. The molecule has 0 aromatic heterocycles. The van der Waals surface area contributed by atoms with Crippen molar-refractivity contribution in [3.63, 3.8) is 0 Å². The molecule has 0 saturated heterocycles. The van der Waals surface area contributed by atoms with Crippen molar-refractivity contribution >= 4 is 17.6 Å². The molecule has 1 aromatic rings. The fourth-order valence-corrected chi connectivity index (χ4v) is 2.70. The Morgan fingerprint density at radius 3 is 2.47 bits per heavy atom. The topological polar surface area (TPSA) is 38.3 Å². The Morgan fingerprint density at radius 2 is 1.89 bits per heavy atom. The first-order chi connectivity index (χ1) is 9.20. The zero-order valence-corrected chi connectivity index (χ0v) is 12.0. The smallest absolute Gasteiger partial charge is 0.327 e. The Balaban J connectivity index is 2.10. The molecule has 0 aliphatic heterocycles. The second-order valence-electron chi connectivity index (χ2n) is 5.01. The maximum atomic E-state index is 12.0. The van der Waals surface area contributed by atoms with Crippen LogP contribution in [-0.2, 0) is 9.53 Å². The molecular weight excluding hydrogens is 262 g/mol. The number of methoxy groups -OCH3 is 1. The zero-order chi connectivity index (χ0) is 13.7. The van der Waals surface area contributed by atoms with Gasteiger partial charge in [-0.15, -0.1) is 0 Å². The number of halogens is 1. The van der Waals surface area contributed by atoms with Gasteiger partial charge in [-0.05, 0) is 30.5 Å². The lowest BCUT2D eigenvalue weighted by atomic mass is 9.94. The molecule has 1 saturated carbocycles. The van der Waals surface area contributed by atoms with Gasteiger partial charge in [0.2, 0.25) is 0 Å². The van der Waals surface area contributed by atoms with Crippen LogP contribution in [0, 0.1) is 0 Å². The van der Waals surface area contributed by atoms with Crippen molar-refractivity contribution in [3.8, 4) is 0 Å². The summed E-state index contributed by atoms with van der Waals surface area (Å²) in [6.45, 7) is 0. The lowest BCUT2D eigenvalue weighted by Crippen LogP contribution is -2.38. The largest absolute Gasteiger partial charge is 0.468 e. The Hall–Kier alpha value is -1.06. The minimum atomic E-state index is -0.398. The molecule has 19 heavy (non-hydrogen) atoms. The van der Waals surface area contributed by atoms with Crippen LogP contribution < -0.4 is 5.32 Å². The van der Waals surface area contributed by atoms with E-state index in [4.69, 9.17) is 16.3 Å². The number of rotatable bonds is 4. The van der Waals surface area contributed by atoms with Crippen molar-refractivity contribution in [1.82, 2.24) is 5.32 Å². The van der Waals surface area contributed by atoms with E-state index in [2.05, 4.69) is 5.32 Å². The van der Waals surface area contributed by atoms with Crippen molar-refractivity contribution in [2.45, 2.75) is 44.2 Å². The maximum Gasteiger partial charge on any atom is 0.327 e. The van der Waals surface area contributed by atoms with Crippen LogP contribution in [0.15, 0.2) is 24.3 Å². The van der Waals surface area contributed by atoms with Gasteiger partial charge in [-0.2, -0.15) is 0 Å². The van der Waals surface area contributed by atoms with Crippen LogP contribution in [0.3, 0.4) is 0 Å². The van der Waals surface area contributed by atoms with Gasteiger partial charge in [0.15, 0.2) is 0 Å². The van der Waals surface area contributed by atoms with Crippen LogP contribution >= 0.6 is 11.6 Å². The third-order valence-electron chi connectivity index (χ3n) is 3.65. The van der Waals surface area contributed by atoms with Crippen molar-refractivity contribution in [1.29, 1.82) is 0 Å². The van der Waals surface area contributed by atoms with E-state index in [1.54, 1.807) is 12.1 Å². The van der Waals surface area contributed by atoms with Gasteiger partial charge in [-0.25, -0.2) is 4.79 Å². The van der Waals surface area contributed by atoms with E-state index in [1.165, 1.54) is 26.4 Å². The summed E-state index contributed by atoms with van der Waals surface area (Å²) in [6, 6.07) is 7.35.